The van der Waals surface area contributed by atoms with E-state index in [1.54, 1.807) is 0 Å². The van der Waals surface area contributed by atoms with E-state index in [2.05, 4.69) is 17.1 Å². The minimum absolute atomic E-state index is 0.0671. The van der Waals surface area contributed by atoms with Crippen LogP contribution in [0.5, 0.6) is 0 Å². The first kappa shape index (κ1) is 14.5. The van der Waals surface area contributed by atoms with Crippen molar-refractivity contribution >= 4 is 5.91 Å². The molecule has 1 amide bonds. The molecule has 0 spiro atoms. The monoisotopic (exact) mass is 241 g/mol. The predicted molar refractivity (Wildman–Crippen MR) is 71.1 cm³/mol. The van der Waals surface area contributed by atoms with Crippen molar-refractivity contribution in [3.63, 3.8) is 0 Å². The molecule has 1 heterocycles. The first-order valence-electron chi connectivity index (χ1n) is 6.82. The highest BCUT2D eigenvalue weighted by Crippen LogP contribution is 2.10. The molecule has 1 saturated heterocycles. The zero-order chi connectivity index (χ0) is 12.7. The number of nitrogens with zero attached hydrogens (tertiary/aromatic N) is 2. The predicted octanol–water partition coefficient (Wildman–Crippen LogP) is 0.929. The van der Waals surface area contributed by atoms with E-state index in [-0.39, 0.29) is 6.04 Å². The van der Waals surface area contributed by atoms with Crippen LogP contribution in [0.3, 0.4) is 0 Å². The summed E-state index contributed by atoms with van der Waals surface area (Å²) in [4.78, 5) is 16.5. The Labute approximate surface area is 105 Å². The average molecular weight is 241 g/mol. The Balaban J connectivity index is 2.46. The Morgan fingerprint density at radius 3 is 2.53 bits per heavy atom. The third kappa shape index (κ3) is 5.04. The van der Waals surface area contributed by atoms with Crippen LogP contribution in [0.2, 0.25) is 0 Å². The smallest absolute Gasteiger partial charge is 0.239 e. The Morgan fingerprint density at radius 2 is 2.00 bits per heavy atom. The summed E-state index contributed by atoms with van der Waals surface area (Å²) in [6.07, 6.45) is 4.42. The summed E-state index contributed by atoms with van der Waals surface area (Å²) in [5.41, 5.74) is 0. The van der Waals surface area contributed by atoms with E-state index in [0.29, 0.717) is 5.91 Å². The molecular weight excluding hydrogens is 214 g/mol. The summed E-state index contributed by atoms with van der Waals surface area (Å²) in [6, 6.07) is 0.0671. The standard InChI is InChI=1S/C13H27N3O/c1-4-9-16(11-10-15(2)3)13(17)12-7-5-6-8-14-12/h12,14H,4-11H2,1-3H3/t12-/m0/s1. The fourth-order valence-electron chi connectivity index (χ4n) is 2.21. The third-order valence-electron chi connectivity index (χ3n) is 3.23. The van der Waals surface area contributed by atoms with Crippen LogP contribution in [-0.4, -0.2) is 62.0 Å². The van der Waals surface area contributed by atoms with Crippen molar-refractivity contribution in [1.29, 1.82) is 0 Å². The van der Waals surface area contributed by atoms with Gasteiger partial charge in [-0.05, 0) is 39.9 Å². The van der Waals surface area contributed by atoms with E-state index in [1.807, 2.05) is 19.0 Å². The van der Waals surface area contributed by atoms with Crippen LogP contribution >= 0.6 is 0 Å². The molecule has 0 unspecified atom stereocenters. The Kier molecular flexibility index (Phi) is 6.52. The molecule has 4 nitrogen and oxygen atoms in total. The highest BCUT2D eigenvalue weighted by Gasteiger charge is 2.24. The molecule has 0 aromatic heterocycles. The van der Waals surface area contributed by atoms with E-state index < -0.39 is 0 Å². The van der Waals surface area contributed by atoms with Crippen molar-refractivity contribution in [2.45, 2.75) is 38.6 Å². The maximum absolute atomic E-state index is 12.3. The quantitative estimate of drug-likeness (QED) is 0.751. The van der Waals surface area contributed by atoms with Gasteiger partial charge in [-0.2, -0.15) is 0 Å². The molecule has 0 aromatic carbocycles. The number of carbonyl (C=O) groups excluding carboxylic acids is 1. The molecule has 1 aliphatic rings. The van der Waals surface area contributed by atoms with Crippen molar-refractivity contribution in [2.75, 3.05) is 40.3 Å². The van der Waals surface area contributed by atoms with Gasteiger partial charge < -0.3 is 15.1 Å². The van der Waals surface area contributed by atoms with Gasteiger partial charge in [0.1, 0.15) is 0 Å². The largest absolute Gasteiger partial charge is 0.340 e. The van der Waals surface area contributed by atoms with Crippen LogP contribution in [0.15, 0.2) is 0 Å². The summed E-state index contributed by atoms with van der Waals surface area (Å²) in [5.74, 6) is 0.299. The maximum atomic E-state index is 12.3. The summed E-state index contributed by atoms with van der Waals surface area (Å²) >= 11 is 0. The number of nitrogens with one attached hydrogen (secondary N) is 1. The lowest BCUT2D eigenvalue weighted by atomic mass is 10.0. The molecule has 0 bridgehead atoms. The molecular formula is C13H27N3O. The summed E-state index contributed by atoms with van der Waals surface area (Å²) in [7, 11) is 4.10. The van der Waals surface area contributed by atoms with Crippen molar-refractivity contribution in [3.05, 3.63) is 0 Å². The second-order valence-electron chi connectivity index (χ2n) is 5.13. The summed E-state index contributed by atoms with van der Waals surface area (Å²) in [6.45, 7) is 5.79. The fourth-order valence-corrected chi connectivity index (χ4v) is 2.21. The van der Waals surface area contributed by atoms with Crippen molar-refractivity contribution in [1.82, 2.24) is 15.1 Å². The number of amides is 1. The van der Waals surface area contributed by atoms with Gasteiger partial charge in [0.15, 0.2) is 0 Å². The molecule has 0 aliphatic carbocycles. The third-order valence-corrected chi connectivity index (χ3v) is 3.23. The Morgan fingerprint density at radius 1 is 1.24 bits per heavy atom. The molecule has 17 heavy (non-hydrogen) atoms. The topological polar surface area (TPSA) is 35.6 Å². The van der Waals surface area contributed by atoms with Crippen LogP contribution in [0.1, 0.15) is 32.6 Å². The lowest BCUT2D eigenvalue weighted by Gasteiger charge is -2.30. The average Bonchev–Trinajstić information content (AvgIpc) is 2.34. The second kappa shape index (κ2) is 7.67. The van der Waals surface area contributed by atoms with Crippen LogP contribution in [0, 0.1) is 0 Å². The van der Waals surface area contributed by atoms with E-state index in [4.69, 9.17) is 0 Å². The van der Waals surface area contributed by atoms with Crippen molar-refractivity contribution in [2.24, 2.45) is 0 Å². The highest BCUT2D eigenvalue weighted by molar-refractivity contribution is 5.82. The van der Waals surface area contributed by atoms with Crippen LogP contribution in [0.25, 0.3) is 0 Å². The van der Waals surface area contributed by atoms with E-state index >= 15 is 0 Å². The highest BCUT2D eigenvalue weighted by atomic mass is 16.2. The number of likely N-dealkylation sites (N-methyl/N-ethyl adjacent to an activating group) is 1. The van der Waals surface area contributed by atoms with Gasteiger partial charge in [0.05, 0.1) is 6.04 Å². The van der Waals surface area contributed by atoms with Crippen LogP contribution in [-0.2, 0) is 4.79 Å². The van der Waals surface area contributed by atoms with Crippen LogP contribution in [0.4, 0.5) is 0 Å². The van der Waals surface area contributed by atoms with E-state index in [1.165, 1.54) is 12.8 Å². The number of carbonyl (C=O) groups is 1. The van der Waals surface area contributed by atoms with E-state index in [9.17, 15) is 4.79 Å². The molecule has 1 atom stereocenters. The first-order chi connectivity index (χ1) is 8.15. The fraction of sp³-hybridized carbons (Fsp3) is 0.923. The van der Waals surface area contributed by atoms with Gasteiger partial charge in [0.25, 0.3) is 0 Å². The van der Waals surface area contributed by atoms with Gasteiger partial charge in [-0.25, -0.2) is 0 Å². The number of rotatable bonds is 6. The van der Waals surface area contributed by atoms with Gasteiger partial charge in [-0.3, -0.25) is 4.79 Å². The number of hydrogen-bond donors (Lipinski definition) is 1. The Hall–Kier alpha value is -0.610. The molecule has 0 saturated carbocycles. The summed E-state index contributed by atoms with van der Waals surface area (Å²) in [5, 5.41) is 3.34. The number of piperidine rings is 1. The minimum Gasteiger partial charge on any atom is -0.340 e. The molecule has 4 heteroatoms. The van der Waals surface area contributed by atoms with Gasteiger partial charge >= 0.3 is 0 Å². The van der Waals surface area contributed by atoms with Gasteiger partial charge in [0.2, 0.25) is 5.91 Å². The van der Waals surface area contributed by atoms with Gasteiger partial charge in [-0.15, -0.1) is 0 Å². The minimum atomic E-state index is 0.0671. The zero-order valence-corrected chi connectivity index (χ0v) is 11.5. The van der Waals surface area contributed by atoms with E-state index in [0.717, 1.165) is 39.0 Å². The number of hydrogen-bond acceptors (Lipinski definition) is 3. The lowest BCUT2D eigenvalue weighted by molar-refractivity contribution is -0.134. The summed E-state index contributed by atoms with van der Waals surface area (Å²) < 4.78 is 0. The maximum Gasteiger partial charge on any atom is 0.239 e. The zero-order valence-electron chi connectivity index (χ0n) is 11.5. The second-order valence-corrected chi connectivity index (χ2v) is 5.13. The molecule has 1 N–H and O–H groups in total. The molecule has 1 rings (SSSR count). The van der Waals surface area contributed by atoms with Crippen molar-refractivity contribution in [3.8, 4) is 0 Å². The molecule has 0 radical (unpaired) electrons. The Bertz CT molecular complexity index is 225. The molecule has 0 aromatic rings. The molecule has 1 aliphatic heterocycles. The SMILES string of the molecule is CCCN(CCN(C)C)C(=O)[C@@H]1CCCCN1. The normalized spacial score (nSPS) is 20.6. The van der Waals surface area contributed by atoms with Gasteiger partial charge in [-0.1, -0.05) is 13.3 Å². The first-order valence-corrected chi connectivity index (χ1v) is 6.82. The lowest BCUT2D eigenvalue weighted by Crippen LogP contribution is -2.50. The van der Waals surface area contributed by atoms with Crippen LogP contribution < -0.4 is 5.32 Å². The molecule has 100 valence electrons. The van der Waals surface area contributed by atoms with Crippen molar-refractivity contribution < 1.29 is 4.79 Å². The molecule has 1 fully saturated rings. The van der Waals surface area contributed by atoms with Gasteiger partial charge in [0, 0.05) is 19.6 Å².